The Labute approximate surface area is 127 Å². The van der Waals surface area contributed by atoms with Crippen molar-refractivity contribution in [2.24, 2.45) is 0 Å². The summed E-state index contributed by atoms with van der Waals surface area (Å²) in [4.78, 5) is 2.25. The monoisotopic (exact) mass is 275 g/mol. The molecule has 2 aromatic carbocycles. The van der Waals surface area contributed by atoms with Crippen molar-refractivity contribution in [2.75, 3.05) is 4.90 Å². The molecule has 0 aliphatic rings. The molecule has 0 unspecified atom stereocenters. The topological polar surface area (TPSA) is 3.24 Å². The molecule has 0 radical (unpaired) electrons. The van der Waals surface area contributed by atoms with Crippen LogP contribution in [-0.4, -0.2) is 0 Å². The molecule has 21 heavy (non-hydrogen) atoms. The first kappa shape index (κ1) is 14.9. The van der Waals surface area contributed by atoms with E-state index in [-0.39, 0.29) is 0 Å². The Morgan fingerprint density at radius 1 is 0.762 bits per heavy atom. The molecule has 0 saturated heterocycles. The molecule has 0 amide bonds. The van der Waals surface area contributed by atoms with Gasteiger partial charge in [0.2, 0.25) is 0 Å². The highest BCUT2D eigenvalue weighted by atomic mass is 15.1. The van der Waals surface area contributed by atoms with Gasteiger partial charge in [0.25, 0.3) is 0 Å². The number of hydrogen-bond donors (Lipinski definition) is 0. The highest BCUT2D eigenvalue weighted by molar-refractivity contribution is 5.70. The number of anilines is 2. The molecule has 1 heteroatoms. The Balaban J connectivity index is 2.55. The molecule has 0 N–H and O–H groups in total. The van der Waals surface area contributed by atoms with Gasteiger partial charge in [0.05, 0.1) is 0 Å². The molecule has 0 aliphatic heterocycles. The molecule has 0 spiro atoms. The lowest BCUT2D eigenvalue weighted by Crippen LogP contribution is -2.14. The Hall–Kier alpha value is -2.54. The highest BCUT2D eigenvalue weighted by Gasteiger charge is 2.11. The molecule has 0 bridgehead atoms. The van der Waals surface area contributed by atoms with E-state index in [2.05, 4.69) is 77.7 Å². The van der Waals surface area contributed by atoms with Gasteiger partial charge < -0.3 is 4.90 Å². The zero-order chi connectivity index (χ0) is 14.9. The van der Waals surface area contributed by atoms with Crippen LogP contribution in [0.15, 0.2) is 96.7 Å². The second-order valence-corrected chi connectivity index (χ2v) is 4.62. The van der Waals surface area contributed by atoms with Gasteiger partial charge in [-0.1, -0.05) is 54.6 Å². The summed E-state index contributed by atoms with van der Waals surface area (Å²) in [5, 5.41) is 0. The fourth-order valence-electron chi connectivity index (χ4n) is 2.17. The standard InChI is InChI=1S/C20H21N/c1-3-5-13-18(12-4-2)21(19-14-8-6-9-15-19)20-16-10-7-11-17-20/h3-17H,1-2H3/b5-3+,12-4-,18-13+. The van der Waals surface area contributed by atoms with Crippen LogP contribution < -0.4 is 4.90 Å². The Bertz CT molecular complexity index is 582. The number of benzene rings is 2. The molecule has 106 valence electrons. The van der Waals surface area contributed by atoms with Crippen LogP contribution >= 0.6 is 0 Å². The summed E-state index contributed by atoms with van der Waals surface area (Å²) in [5.41, 5.74) is 3.43. The van der Waals surface area contributed by atoms with Gasteiger partial charge in [0, 0.05) is 17.1 Å². The second-order valence-electron chi connectivity index (χ2n) is 4.62. The van der Waals surface area contributed by atoms with Gasteiger partial charge >= 0.3 is 0 Å². The third-order valence-electron chi connectivity index (χ3n) is 3.08. The van der Waals surface area contributed by atoms with Crippen molar-refractivity contribution in [3.63, 3.8) is 0 Å². The molecule has 0 fully saturated rings. The number of para-hydroxylation sites is 2. The van der Waals surface area contributed by atoms with Crippen molar-refractivity contribution in [3.8, 4) is 0 Å². The molecular formula is C20H21N. The quantitative estimate of drug-likeness (QED) is 0.618. The van der Waals surface area contributed by atoms with Gasteiger partial charge in [0.1, 0.15) is 0 Å². The molecule has 0 atom stereocenters. The van der Waals surface area contributed by atoms with Gasteiger partial charge in [0.15, 0.2) is 0 Å². The first-order chi connectivity index (χ1) is 10.4. The van der Waals surface area contributed by atoms with Crippen LogP contribution in [-0.2, 0) is 0 Å². The van der Waals surface area contributed by atoms with Crippen molar-refractivity contribution in [1.82, 2.24) is 0 Å². The Morgan fingerprint density at radius 3 is 1.71 bits per heavy atom. The lowest BCUT2D eigenvalue weighted by molar-refractivity contribution is 1.21. The zero-order valence-electron chi connectivity index (χ0n) is 12.6. The summed E-state index contributed by atoms with van der Waals surface area (Å²) in [5.74, 6) is 0. The predicted molar refractivity (Wildman–Crippen MR) is 92.7 cm³/mol. The van der Waals surface area contributed by atoms with E-state index in [4.69, 9.17) is 0 Å². The van der Waals surface area contributed by atoms with E-state index in [1.807, 2.05) is 32.1 Å². The van der Waals surface area contributed by atoms with Crippen LogP contribution in [0.1, 0.15) is 13.8 Å². The summed E-state index contributed by atoms with van der Waals surface area (Å²) in [6.07, 6.45) is 10.4. The lowest BCUT2D eigenvalue weighted by Gasteiger charge is -2.26. The van der Waals surface area contributed by atoms with E-state index < -0.39 is 0 Å². The van der Waals surface area contributed by atoms with Gasteiger partial charge in [-0.3, -0.25) is 0 Å². The van der Waals surface area contributed by atoms with Crippen molar-refractivity contribution in [1.29, 1.82) is 0 Å². The van der Waals surface area contributed by atoms with E-state index in [0.717, 1.165) is 17.1 Å². The minimum atomic E-state index is 1.13. The van der Waals surface area contributed by atoms with Crippen LogP contribution in [0.25, 0.3) is 0 Å². The highest BCUT2D eigenvalue weighted by Crippen LogP contribution is 2.30. The van der Waals surface area contributed by atoms with Crippen molar-refractivity contribution in [3.05, 3.63) is 96.7 Å². The minimum absolute atomic E-state index is 1.13. The maximum Gasteiger partial charge on any atom is 0.0461 e. The SMILES string of the molecule is C\C=C/C(=C\C=C\C)N(c1ccccc1)c1ccccc1. The minimum Gasteiger partial charge on any atom is -0.311 e. The summed E-state index contributed by atoms with van der Waals surface area (Å²) >= 11 is 0. The van der Waals surface area contributed by atoms with Crippen LogP contribution in [0.4, 0.5) is 11.4 Å². The Kier molecular flexibility index (Phi) is 5.60. The number of nitrogens with zero attached hydrogens (tertiary/aromatic N) is 1. The van der Waals surface area contributed by atoms with Crippen LogP contribution in [0.5, 0.6) is 0 Å². The molecule has 0 aliphatic carbocycles. The molecule has 1 nitrogen and oxygen atoms in total. The van der Waals surface area contributed by atoms with E-state index in [0.29, 0.717) is 0 Å². The average molecular weight is 275 g/mol. The molecule has 0 aromatic heterocycles. The average Bonchev–Trinajstić information content (AvgIpc) is 2.55. The smallest absolute Gasteiger partial charge is 0.0461 e. The van der Waals surface area contributed by atoms with E-state index in [1.54, 1.807) is 0 Å². The molecule has 0 saturated carbocycles. The molecule has 2 aromatic rings. The van der Waals surface area contributed by atoms with Crippen molar-refractivity contribution < 1.29 is 0 Å². The number of hydrogen-bond acceptors (Lipinski definition) is 1. The predicted octanol–water partition coefficient (Wildman–Crippen LogP) is 5.86. The fourth-order valence-corrected chi connectivity index (χ4v) is 2.17. The van der Waals surface area contributed by atoms with Crippen LogP contribution in [0, 0.1) is 0 Å². The second kappa shape index (κ2) is 7.91. The van der Waals surface area contributed by atoms with Gasteiger partial charge in [-0.25, -0.2) is 0 Å². The number of allylic oxidation sites excluding steroid dienone is 5. The number of rotatable bonds is 5. The summed E-state index contributed by atoms with van der Waals surface area (Å²) in [6, 6.07) is 20.8. The van der Waals surface area contributed by atoms with Crippen LogP contribution in [0.2, 0.25) is 0 Å². The third kappa shape index (κ3) is 3.96. The fraction of sp³-hybridized carbons (Fsp3) is 0.100. The normalized spacial score (nSPS) is 12.2. The summed E-state index contributed by atoms with van der Waals surface area (Å²) < 4.78 is 0. The molecule has 2 rings (SSSR count). The van der Waals surface area contributed by atoms with Crippen molar-refractivity contribution >= 4 is 11.4 Å². The molecular weight excluding hydrogens is 254 g/mol. The van der Waals surface area contributed by atoms with Gasteiger partial charge in [-0.2, -0.15) is 0 Å². The van der Waals surface area contributed by atoms with Crippen molar-refractivity contribution in [2.45, 2.75) is 13.8 Å². The third-order valence-corrected chi connectivity index (χ3v) is 3.08. The zero-order valence-corrected chi connectivity index (χ0v) is 12.6. The van der Waals surface area contributed by atoms with E-state index in [9.17, 15) is 0 Å². The largest absolute Gasteiger partial charge is 0.311 e. The van der Waals surface area contributed by atoms with E-state index in [1.165, 1.54) is 0 Å². The summed E-state index contributed by atoms with van der Waals surface area (Å²) in [6.45, 7) is 4.07. The summed E-state index contributed by atoms with van der Waals surface area (Å²) in [7, 11) is 0. The first-order valence-corrected chi connectivity index (χ1v) is 7.22. The molecule has 0 heterocycles. The Morgan fingerprint density at radius 2 is 1.29 bits per heavy atom. The van der Waals surface area contributed by atoms with Gasteiger partial charge in [-0.05, 0) is 50.3 Å². The van der Waals surface area contributed by atoms with Gasteiger partial charge in [-0.15, -0.1) is 0 Å². The maximum atomic E-state index is 2.25. The lowest BCUT2D eigenvalue weighted by atomic mass is 10.2. The maximum absolute atomic E-state index is 2.25. The first-order valence-electron chi connectivity index (χ1n) is 7.22. The van der Waals surface area contributed by atoms with Crippen LogP contribution in [0.3, 0.4) is 0 Å². The van der Waals surface area contributed by atoms with E-state index >= 15 is 0 Å².